The van der Waals surface area contributed by atoms with Gasteiger partial charge >= 0.3 is 0 Å². The molecule has 0 radical (unpaired) electrons. The minimum Gasteiger partial charge on any atom is -0.455 e. The number of hydrogen-bond acceptors (Lipinski definition) is 3. The molecular formula is C44H25N3O. The van der Waals surface area contributed by atoms with Crippen LogP contribution in [0.1, 0.15) is 0 Å². The molecule has 0 amide bonds. The minimum atomic E-state index is 0.632. The molecule has 0 spiro atoms. The fourth-order valence-corrected chi connectivity index (χ4v) is 7.96. The fourth-order valence-electron chi connectivity index (χ4n) is 7.96. The monoisotopic (exact) mass is 611 g/mol. The van der Waals surface area contributed by atoms with E-state index in [2.05, 4.69) is 144 Å². The van der Waals surface area contributed by atoms with Crippen LogP contribution in [0, 0.1) is 0 Å². The summed E-state index contributed by atoms with van der Waals surface area (Å²) >= 11 is 0. The summed E-state index contributed by atoms with van der Waals surface area (Å²) in [7, 11) is 0. The van der Waals surface area contributed by atoms with Crippen molar-refractivity contribution >= 4 is 87.0 Å². The molecule has 0 saturated carbocycles. The van der Waals surface area contributed by atoms with Crippen molar-refractivity contribution in [2.24, 2.45) is 0 Å². The Kier molecular flexibility index (Phi) is 5.08. The molecule has 48 heavy (non-hydrogen) atoms. The largest absolute Gasteiger partial charge is 0.455 e. The first-order valence-electron chi connectivity index (χ1n) is 16.3. The van der Waals surface area contributed by atoms with Crippen LogP contribution in [0.25, 0.3) is 104 Å². The molecule has 3 aromatic heterocycles. The molecular weight excluding hydrogens is 587 g/mol. The molecule has 4 nitrogen and oxygen atoms in total. The van der Waals surface area contributed by atoms with Gasteiger partial charge in [-0.3, -0.25) is 4.57 Å². The van der Waals surface area contributed by atoms with Crippen LogP contribution in [-0.2, 0) is 0 Å². The molecule has 0 N–H and O–H groups in total. The van der Waals surface area contributed by atoms with E-state index in [1.54, 1.807) is 0 Å². The van der Waals surface area contributed by atoms with Crippen LogP contribution in [-0.4, -0.2) is 14.5 Å². The van der Waals surface area contributed by atoms with E-state index in [0.29, 0.717) is 5.95 Å². The first-order chi connectivity index (χ1) is 23.8. The standard InChI is InChI=1S/C44H25N3O/c1-2-14-27-26(13-1)25-35(43-40(27)34-21-9-12-24-38(34)48-43)41-32-19-7-10-22-36(32)45-44(46-41)47-37-23-11-8-20-33(37)39-30-17-5-3-15-28(30)29-16-4-6-18-31(29)42(39)47/h1-25H. The molecule has 11 aromatic rings. The van der Waals surface area contributed by atoms with E-state index < -0.39 is 0 Å². The summed E-state index contributed by atoms with van der Waals surface area (Å²) in [6, 6.07) is 53.4. The van der Waals surface area contributed by atoms with Crippen molar-refractivity contribution in [3.8, 4) is 17.2 Å². The van der Waals surface area contributed by atoms with Crippen LogP contribution in [0.4, 0.5) is 0 Å². The Bertz CT molecular complexity index is 3130. The van der Waals surface area contributed by atoms with Crippen LogP contribution in [0.2, 0.25) is 0 Å². The van der Waals surface area contributed by atoms with E-state index in [1.807, 2.05) is 12.1 Å². The smallest absolute Gasteiger partial charge is 0.235 e. The first-order valence-corrected chi connectivity index (χ1v) is 16.3. The average Bonchev–Trinajstić information content (AvgIpc) is 3.72. The second kappa shape index (κ2) is 9.50. The maximum Gasteiger partial charge on any atom is 0.235 e. The molecule has 0 bridgehead atoms. The van der Waals surface area contributed by atoms with Gasteiger partial charge in [0.2, 0.25) is 5.95 Å². The van der Waals surface area contributed by atoms with Crippen LogP contribution >= 0.6 is 0 Å². The van der Waals surface area contributed by atoms with Crippen LogP contribution in [0.5, 0.6) is 0 Å². The molecule has 0 atom stereocenters. The number of fused-ring (bicyclic) bond motifs is 14. The molecule has 8 aromatic carbocycles. The van der Waals surface area contributed by atoms with Crippen LogP contribution in [0.15, 0.2) is 156 Å². The van der Waals surface area contributed by atoms with Crippen molar-refractivity contribution in [1.29, 1.82) is 0 Å². The molecule has 0 fully saturated rings. The van der Waals surface area contributed by atoms with Crippen molar-refractivity contribution < 1.29 is 4.42 Å². The van der Waals surface area contributed by atoms with Gasteiger partial charge < -0.3 is 4.42 Å². The van der Waals surface area contributed by atoms with Crippen molar-refractivity contribution in [2.75, 3.05) is 0 Å². The van der Waals surface area contributed by atoms with Gasteiger partial charge in [-0.15, -0.1) is 0 Å². The van der Waals surface area contributed by atoms with E-state index >= 15 is 0 Å². The lowest BCUT2D eigenvalue weighted by Gasteiger charge is -2.14. The summed E-state index contributed by atoms with van der Waals surface area (Å²) in [6.45, 7) is 0. The van der Waals surface area contributed by atoms with E-state index in [9.17, 15) is 0 Å². The first kappa shape index (κ1) is 25.6. The van der Waals surface area contributed by atoms with Gasteiger partial charge in [-0.1, -0.05) is 127 Å². The summed E-state index contributed by atoms with van der Waals surface area (Å²) in [5, 5.41) is 12.7. The lowest BCUT2D eigenvalue weighted by atomic mass is 9.97. The Morgan fingerprint density at radius 1 is 0.458 bits per heavy atom. The summed E-state index contributed by atoms with van der Waals surface area (Å²) < 4.78 is 8.97. The van der Waals surface area contributed by atoms with Crippen LogP contribution < -0.4 is 0 Å². The topological polar surface area (TPSA) is 43.9 Å². The summed E-state index contributed by atoms with van der Waals surface area (Å²) in [6.07, 6.45) is 0. The number of furan rings is 1. The Balaban J connectivity index is 1.33. The Morgan fingerprint density at radius 3 is 1.90 bits per heavy atom. The maximum atomic E-state index is 6.70. The zero-order valence-electron chi connectivity index (χ0n) is 25.7. The molecule has 0 aliphatic rings. The average molecular weight is 612 g/mol. The summed E-state index contributed by atoms with van der Waals surface area (Å²) in [5.74, 6) is 0.632. The predicted molar refractivity (Wildman–Crippen MR) is 199 cm³/mol. The number of aromatic nitrogens is 3. The molecule has 0 unspecified atom stereocenters. The number of hydrogen-bond donors (Lipinski definition) is 0. The number of para-hydroxylation sites is 3. The second-order valence-corrected chi connectivity index (χ2v) is 12.5. The van der Waals surface area contributed by atoms with Gasteiger partial charge in [-0.2, -0.15) is 0 Å². The normalized spacial score (nSPS) is 12.2. The summed E-state index contributed by atoms with van der Waals surface area (Å²) in [4.78, 5) is 10.8. The molecule has 4 heteroatoms. The van der Waals surface area contributed by atoms with Crippen LogP contribution in [0.3, 0.4) is 0 Å². The third-order valence-corrected chi connectivity index (χ3v) is 9.96. The third kappa shape index (κ3) is 3.38. The van der Waals surface area contributed by atoms with Gasteiger partial charge in [0.1, 0.15) is 11.2 Å². The Hall–Kier alpha value is -6.52. The SMILES string of the molecule is c1ccc2c(c1)cc(-c1nc(-n3c4ccccc4c4c5ccccc5c5ccccc5c43)nc3ccccc13)c1oc3ccccc3c12. The zero-order chi connectivity index (χ0) is 31.3. The second-order valence-electron chi connectivity index (χ2n) is 12.5. The van der Waals surface area contributed by atoms with E-state index in [0.717, 1.165) is 60.5 Å². The fraction of sp³-hybridized carbons (Fsp3) is 0. The van der Waals surface area contributed by atoms with Gasteiger partial charge in [-0.05, 0) is 51.2 Å². The highest BCUT2D eigenvalue weighted by atomic mass is 16.3. The van der Waals surface area contributed by atoms with Crippen molar-refractivity contribution in [3.63, 3.8) is 0 Å². The maximum absolute atomic E-state index is 6.70. The molecule has 0 aliphatic carbocycles. The number of benzene rings is 8. The highest BCUT2D eigenvalue weighted by Gasteiger charge is 2.23. The minimum absolute atomic E-state index is 0.632. The highest BCUT2D eigenvalue weighted by Crippen LogP contribution is 2.44. The van der Waals surface area contributed by atoms with E-state index in [4.69, 9.17) is 14.4 Å². The lowest BCUT2D eigenvalue weighted by Crippen LogP contribution is -2.04. The van der Waals surface area contributed by atoms with Crippen molar-refractivity contribution in [2.45, 2.75) is 0 Å². The highest BCUT2D eigenvalue weighted by molar-refractivity contribution is 6.32. The predicted octanol–water partition coefficient (Wildman–Crippen LogP) is 11.8. The quantitative estimate of drug-likeness (QED) is 0.183. The molecule has 3 heterocycles. The Labute approximate surface area is 274 Å². The Morgan fingerprint density at radius 2 is 1.06 bits per heavy atom. The van der Waals surface area contributed by atoms with Gasteiger partial charge in [0.25, 0.3) is 0 Å². The van der Waals surface area contributed by atoms with Crippen molar-refractivity contribution in [1.82, 2.24) is 14.5 Å². The zero-order valence-corrected chi connectivity index (χ0v) is 25.7. The molecule has 11 rings (SSSR count). The molecule has 0 aliphatic heterocycles. The van der Waals surface area contributed by atoms with Gasteiger partial charge in [0.15, 0.2) is 0 Å². The number of rotatable bonds is 2. The van der Waals surface area contributed by atoms with Gasteiger partial charge in [-0.25, -0.2) is 9.97 Å². The molecule has 0 saturated heterocycles. The van der Waals surface area contributed by atoms with Crippen molar-refractivity contribution in [3.05, 3.63) is 152 Å². The summed E-state index contributed by atoms with van der Waals surface area (Å²) in [5.41, 5.74) is 6.57. The van der Waals surface area contributed by atoms with Gasteiger partial charge in [0.05, 0.1) is 22.2 Å². The van der Waals surface area contributed by atoms with E-state index in [-0.39, 0.29) is 0 Å². The number of nitrogens with zero attached hydrogens (tertiary/aromatic N) is 3. The molecule has 222 valence electrons. The lowest BCUT2D eigenvalue weighted by molar-refractivity contribution is 0.670. The third-order valence-electron chi connectivity index (χ3n) is 9.96. The van der Waals surface area contributed by atoms with Gasteiger partial charge in [0, 0.05) is 37.9 Å². The van der Waals surface area contributed by atoms with E-state index in [1.165, 1.54) is 37.7 Å².